The Kier molecular flexibility index (Phi) is 4.26. The van der Waals surface area contributed by atoms with Crippen molar-refractivity contribution in [1.82, 2.24) is 23.4 Å². The molecule has 0 aliphatic carbocycles. The Morgan fingerprint density at radius 1 is 1.35 bits per heavy atom. The fourth-order valence-electron chi connectivity index (χ4n) is 2.83. The molecule has 23 heavy (non-hydrogen) atoms. The molecule has 8 nitrogen and oxygen atoms in total. The van der Waals surface area contributed by atoms with Gasteiger partial charge in [-0.1, -0.05) is 0 Å². The number of hydrogen-bond donors (Lipinski definition) is 0. The van der Waals surface area contributed by atoms with Crippen LogP contribution in [0.25, 0.3) is 0 Å². The summed E-state index contributed by atoms with van der Waals surface area (Å²) in [6, 6.07) is -0.342. The molecule has 1 aliphatic rings. The Bertz CT molecular complexity index is 795. The van der Waals surface area contributed by atoms with Crippen LogP contribution in [0.3, 0.4) is 0 Å². The van der Waals surface area contributed by atoms with Crippen LogP contribution in [-0.4, -0.2) is 45.0 Å². The van der Waals surface area contributed by atoms with Crippen LogP contribution in [0.15, 0.2) is 23.7 Å². The zero-order valence-corrected chi connectivity index (χ0v) is 14.3. The molecule has 0 radical (unpaired) electrons. The van der Waals surface area contributed by atoms with Crippen LogP contribution in [0.1, 0.15) is 31.4 Å². The average Bonchev–Trinajstić information content (AvgIpc) is 3.12. The van der Waals surface area contributed by atoms with Gasteiger partial charge in [0.15, 0.2) is 5.03 Å². The van der Waals surface area contributed by atoms with Crippen LogP contribution >= 0.6 is 0 Å². The van der Waals surface area contributed by atoms with Crippen LogP contribution in [-0.2, 0) is 35.0 Å². The van der Waals surface area contributed by atoms with E-state index in [4.69, 9.17) is 4.74 Å². The van der Waals surface area contributed by atoms with Crippen LogP contribution in [0.5, 0.6) is 0 Å². The Morgan fingerprint density at radius 3 is 2.78 bits per heavy atom. The SMILES string of the molecule is CCOCc1cnc2n1CCN(S(=O)(=O)c1cn(C)cn1)[C@H]2C. The standard InChI is InChI=1S/C14H21N5O3S/c1-4-22-9-12-7-15-14-11(2)19(6-5-18(12)14)23(20,21)13-8-17(3)10-16-13/h7-8,10-11H,4-6,9H2,1-3H3/t11-/m0/s1. The van der Waals surface area contributed by atoms with Gasteiger partial charge in [-0.25, -0.2) is 18.4 Å². The molecule has 3 rings (SSSR count). The average molecular weight is 339 g/mol. The first-order chi connectivity index (χ1) is 10.9. The predicted molar refractivity (Wildman–Crippen MR) is 83.1 cm³/mol. The molecule has 9 heteroatoms. The van der Waals surface area contributed by atoms with Crippen LogP contribution in [0.4, 0.5) is 0 Å². The summed E-state index contributed by atoms with van der Waals surface area (Å²) < 4.78 is 36.2. The van der Waals surface area contributed by atoms with Gasteiger partial charge in [0.2, 0.25) is 0 Å². The molecule has 0 amide bonds. The molecule has 1 atom stereocenters. The monoisotopic (exact) mass is 339 g/mol. The zero-order chi connectivity index (χ0) is 16.6. The number of rotatable bonds is 5. The third-order valence-electron chi connectivity index (χ3n) is 4.03. The molecular formula is C14H21N5O3S. The number of nitrogens with zero attached hydrogens (tertiary/aromatic N) is 5. The topological polar surface area (TPSA) is 82.3 Å². The maximum atomic E-state index is 12.8. The number of sulfonamides is 1. The lowest BCUT2D eigenvalue weighted by molar-refractivity contribution is 0.126. The van der Waals surface area contributed by atoms with E-state index in [9.17, 15) is 8.42 Å². The van der Waals surface area contributed by atoms with E-state index in [1.165, 1.54) is 16.8 Å². The summed E-state index contributed by atoms with van der Waals surface area (Å²) >= 11 is 0. The van der Waals surface area contributed by atoms with Gasteiger partial charge in [0.1, 0.15) is 5.82 Å². The van der Waals surface area contributed by atoms with E-state index in [0.29, 0.717) is 26.3 Å². The molecular weight excluding hydrogens is 318 g/mol. The highest BCUT2D eigenvalue weighted by molar-refractivity contribution is 7.89. The Labute approximate surface area is 135 Å². The number of fused-ring (bicyclic) bond motifs is 1. The smallest absolute Gasteiger partial charge is 0.262 e. The fraction of sp³-hybridized carbons (Fsp3) is 0.571. The number of aromatic nitrogens is 4. The summed E-state index contributed by atoms with van der Waals surface area (Å²) in [4.78, 5) is 8.39. The van der Waals surface area contributed by atoms with Crippen molar-refractivity contribution in [3.05, 3.63) is 30.2 Å². The summed E-state index contributed by atoms with van der Waals surface area (Å²) in [5.74, 6) is 0.741. The van der Waals surface area contributed by atoms with Gasteiger partial charge in [-0.3, -0.25) is 0 Å². The van der Waals surface area contributed by atoms with E-state index in [1.807, 2.05) is 18.4 Å². The van der Waals surface area contributed by atoms with Crippen molar-refractivity contribution in [1.29, 1.82) is 0 Å². The lowest BCUT2D eigenvalue weighted by Gasteiger charge is -2.32. The first-order valence-electron chi connectivity index (χ1n) is 7.57. The van der Waals surface area contributed by atoms with Crippen molar-refractivity contribution < 1.29 is 13.2 Å². The first kappa shape index (κ1) is 16.2. The van der Waals surface area contributed by atoms with Crippen LogP contribution in [0.2, 0.25) is 0 Å². The second kappa shape index (κ2) is 6.06. The van der Waals surface area contributed by atoms with E-state index < -0.39 is 10.0 Å². The molecule has 0 spiro atoms. The summed E-state index contributed by atoms with van der Waals surface area (Å²) in [6.07, 6.45) is 4.77. The molecule has 3 heterocycles. The largest absolute Gasteiger partial charge is 0.375 e. The highest BCUT2D eigenvalue weighted by Crippen LogP contribution is 2.30. The van der Waals surface area contributed by atoms with Gasteiger partial charge in [0.25, 0.3) is 10.0 Å². The van der Waals surface area contributed by atoms with E-state index >= 15 is 0 Å². The van der Waals surface area contributed by atoms with Gasteiger partial charge in [0.05, 0.1) is 30.9 Å². The van der Waals surface area contributed by atoms with Gasteiger partial charge in [-0.05, 0) is 13.8 Å². The molecule has 126 valence electrons. The second-order valence-corrected chi connectivity index (χ2v) is 7.40. The summed E-state index contributed by atoms with van der Waals surface area (Å²) in [5.41, 5.74) is 0.976. The van der Waals surface area contributed by atoms with E-state index in [-0.39, 0.29) is 11.1 Å². The molecule has 0 saturated heterocycles. The lowest BCUT2D eigenvalue weighted by atomic mass is 10.2. The molecule has 0 unspecified atom stereocenters. The predicted octanol–water partition coefficient (Wildman–Crippen LogP) is 0.919. The minimum absolute atomic E-state index is 0.0707. The molecule has 0 saturated carbocycles. The third-order valence-corrected chi connectivity index (χ3v) is 5.88. The van der Waals surface area contributed by atoms with Gasteiger partial charge in [-0.15, -0.1) is 0 Å². The van der Waals surface area contributed by atoms with Crippen molar-refractivity contribution in [3.8, 4) is 0 Å². The van der Waals surface area contributed by atoms with Gasteiger partial charge in [0, 0.05) is 32.9 Å². The van der Waals surface area contributed by atoms with Crippen molar-refractivity contribution in [2.75, 3.05) is 13.2 Å². The number of aryl methyl sites for hydroxylation is 1. The number of imidazole rings is 2. The molecule has 0 aromatic carbocycles. The van der Waals surface area contributed by atoms with E-state index in [0.717, 1.165) is 11.5 Å². The van der Waals surface area contributed by atoms with Crippen LogP contribution in [0, 0.1) is 0 Å². The van der Waals surface area contributed by atoms with Crippen molar-refractivity contribution >= 4 is 10.0 Å². The molecule has 0 N–H and O–H groups in total. The number of ether oxygens (including phenoxy) is 1. The molecule has 2 aromatic heterocycles. The van der Waals surface area contributed by atoms with Crippen LogP contribution < -0.4 is 0 Å². The highest BCUT2D eigenvalue weighted by Gasteiger charge is 2.36. The fourth-order valence-corrected chi connectivity index (χ4v) is 4.38. The minimum Gasteiger partial charge on any atom is -0.375 e. The third kappa shape index (κ3) is 2.79. The molecule has 0 bridgehead atoms. The Hall–Kier alpha value is -1.71. The van der Waals surface area contributed by atoms with Gasteiger partial charge < -0.3 is 13.9 Å². The van der Waals surface area contributed by atoms with E-state index in [2.05, 4.69) is 9.97 Å². The minimum atomic E-state index is -3.62. The summed E-state index contributed by atoms with van der Waals surface area (Å²) in [5, 5.41) is 0.0707. The number of hydrogen-bond acceptors (Lipinski definition) is 5. The first-order valence-corrected chi connectivity index (χ1v) is 9.01. The van der Waals surface area contributed by atoms with Crippen molar-refractivity contribution in [2.45, 2.75) is 38.1 Å². The van der Waals surface area contributed by atoms with Crippen molar-refractivity contribution in [2.24, 2.45) is 7.05 Å². The molecule has 1 aliphatic heterocycles. The quantitative estimate of drug-likeness (QED) is 0.809. The van der Waals surface area contributed by atoms with Crippen molar-refractivity contribution in [3.63, 3.8) is 0 Å². The molecule has 0 fully saturated rings. The maximum absolute atomic E-state index is 12.8. The lowest BCUT2D eigenvalue weighted by Crippen LogP contribution is -2.41. The highest BCUT2D eigenvalue weighted by atomic mass is 32.2. The second-order valence-electron chi connectivity index (χ2n) is 5.57. The Balaban J connectivity index is 1.89. The zero-order valence-electron chi connectivity index (χ0n) is 13.5. The normalized spacial score (nSPS) is 19.0. The van der Waals surface area contributed by atoms with Gasteiger partial charge in [-0.2, -0.15) is 4.31 Å². The maximum Gasteiger partial charge on any atom is 0.262 e. The van der Waals surface area contributed by atoms with Gasteiger partial charge >= 0.3 is 0 Å². The van der Waals surface area contributed by atoms with E-state index in [1.54, 1.807) is 17.8 Å². The summed E-state index contributed by atoms with van der Waals surface area (Å²) in [6.45, 7) is 5.87. The summed E-state index contributed by atoms with van der Waals surface area (Å²) in [7, 11) is -1.88. The Morgan fingerprint density at radius 2 is 2.13 bits per heavy atom. The molecule has 2 aromatic rings.